The third kappa shape index (κ3) is 2.45. The molecule has 18 heavy (non-hydrogen) atoms. The molecule has 7 nitrogen and oxygen atoms in total. The lowest BCUT2D eigenvalue weighted by molar-refractivity contribution is -0.388. The predicted octanol–water partition coefficient (Wildman–Crippen LogP) is 1.56. The molecule has 0 aromatic carbocycles. The van der Waals surface area contributed by atoms with Crippen molar-refractivity contribution in [3.63, 3.8) is 0 Å². The van der Waals surface area contributed by atoms with Gasteiger partial charge in [0.2, 0.25) is 12.1 Å². The van der Waals surface area contributed by atoms with Crippen molar-refractivity contribution in [3.8, 4) is 0 Å². The molecule has 0 bridgehead atoms. The molecule has 1 aromatic heterocycles. The first-order valence-corrected chi connectivity index (χ1v) is 6.14. The predicted molar refractivity (Wildman–Crippen MR) is 66.5 cm³/mol. The molecule has 0 radical (unpaired) electrons. The maximum atomic E-state index is 10.8. The number of hydrogen-bond acceptors (Lipinski definition) is 5. The Morgan fingerprint density at radius 2 is 2.50 bits per heavy atom. The molecule has 7 heteroatoms. The number of anilines is 1. The van der Waals surface area contributed by atoms with Crippen molar-refractivity contribution in [2.24, 2.45) is 13.0 Å². The molecule has 1 aliphatic rings. The third-order valence-electron chi connectivity index (χ3n) is 3.37. The SMILES string of the molecule is CCC1OCCC1CNc1c([N+](=O)[O-])ncn1C. The smallest absolute Gasteiger partial charge is 0.378 e. The Hall–Kier alpha value is -1.63. The molecule has 0 amide bonds. The van der Waals surface area contributed by atoms with E-state index < -0.39 is 4.92 Å². The molecule has 2 atom stereocenters. The van der Waals surface area contributed by atoms with Gasteiger partial charge >= 0.3 is 5.82 Å². The summed E-state index contributed by atoms with van der Waals surface area (Å²) < 4.78 is 7.23. The van der Waals surface area contributed by atoms with Gasteiger partial charge in [-0.15, -0.1) is 0 Å². The first-order chi connectivity index (χ1) is 8.63. The van der Waals surface area contributed by atoms with Crippen LogP contribution in [0.4, 0.5) is 11.6 Å². The minimum Gasteiger partial charge on any atom is -0.378 e. The van der Waals surface area contributed by atoms with E-state index in [0.717, 1.165) is 19.4 Å². The molecule has 2 heterocycles. The first kappa shape index (κ1) is 12.8. The normalized spacial score (nSPS) is 23.2. The van der Waals surface area contributed by atoms with Crippen molar-refractivity contribution in [3.05, 3.63) is 16.4 Å². The number of hydrogen-bond donors (Lipinski definition) is 1. The minimum atomic E-state index is -0.467. The van der Waals surface area contributed by atoms with E-state index in [4.69, 9.17) is 4.74 Å². The highest BCUT2D eigenvalue weighted by Crippen LogP contribution is 2.26. The fourth-order valence-corrected chi connectivity index (χ4v) is 2.36. The quantitative estimate of drug-likeness (QED) is 0.637. The lowest BCUT2D eigenvalue weighted by Crippen LogP contribution is -2.23. The van der Waals surface area contributed by atoms with E-state index in [-0.39, 0.29) is 11.9 Å². The molecule has 0 spiro atoms. The number of rotatable bonds is 5. The molecule has 1 aromatic rings. The Bertz CT molecular complexity index is 432. The highest BCUT2D eigenvalue weighted by Gasteiger charge is 2.28. The van der Waals surface area contributed by atoms with Crippen LogP contribution in [0.5, 0.6) is 0 Å². The summed E-state index contributed by atoms with van der Waals surface area (Å²) in [7, 11) is 1.74. The van der Waals surface area contributed by atoms with Crippen molar-refractivity contribution >= 4 is 11.6 Å². The van der Waals surface area contributed by atoms with Gasteiger partial charge in [-0.2, -0.15) is 0 Å². The minimum absolute atomic E-state index is 0.121. The molecule has 0 saturated carbocycles. The van der Waals surface area contributed by atoms with Gasteiger partial charge in [0.05, 0.1) is 6.10 Å². The Kier molecular flexibility index (Phi) is 3.81. The van der Waals surface area contributed by atoms with E-state index >= 15 is 0 Å². The zero-order chi connectivity index (χ0) is 13.1. The van der Waals surface area contributed by atoms with E-state index in [1.165, 1.54) is 6.33 Å². The summed E-state index contributed by atoms with van der Waals surface area (Å²) in [6.07, 6.45) is 3.67. The van der Waals surface area contributed by atoms with Crippen molar-refractivity contribution in [2.75, 3.05) is 18.5 Å². The van der Waals surface area contributed by atoms with Crippen molar-refractivity contribution in [1.82, 2.24) is 9.55 Å². The lowest BCUT2D eigenvalue weighted by Gasteiger charge is -2.17. The van der Waals surface area contributed by atoms with Gasteiger partial charge in [0.1, 0.15) is 0 Å². The van der Waals surface area contributed by atoms with Crippen LogP contribution in [0.15, 0.2) is 6.33 Å². The summed E-state index contributed by atoms with van der Waals surface area (Å²) in [5.74, 6) is 0.746. The zero-order valence-electron chi connectivity index (χ0n) is 10.6. The number of imidazole rings is 1. The summed E-state index contributed by atoms with van der Waals surface area (Å²) in [4.78, 5) is 14.1. The summed E-state index contributed by atoms with van der Waals surface area (Å²) in [6.45, 7) is 3.55. The van der Waals surface area contributed by atoms with Crippen molar-refractivity contribution in [1.29, 1.82) is 0 Å². The average molecular weight is 254 g/mol. The van der Waals surface area contributed by atoms with Gasteiger partial charge in [-0.3, -0.25) is 4.57 Å². The molecule has 1 aliphatic heterocycles. The molecular weight excluding hydrogens is 236 g/mol. The van der Waals surface area contributed by atoms with Gasteiger partial charge in [0, 0.05) is 26.1 Å². The van der Waals surface area contributed by atoms with Crippen LogP contribution in [0.1, 0.15) is 19.8 Å². The van der Waals surface area contributed by atoms with Gasteiger partial charge < -0.3 is 20.2 Å². The van der Waals surface area contributed by atoms with E-state index in [1.54, 1.807) is 11.6 Å². The van der Waals surface area contributed by atoms with Gasteiger partial charge in [-0.1, -0.05) is 6.92 Å². The maximum absolute atomic E-state index is 10.8. The molecule has 2 rings (SSSR count). The van der Waals surface area contributed by atoms with Crippen LogP contribution >= 0.6 is 0 Å². The first-order valence-electron chi connectivity index (χ1n) is 6.14. The second-order valence-electron chi connectivity index (χ2n) is 4.53. The Balaban J connectivity index is 2.01. The zero-order valence-corrected chi connectivity index (χ0v) is 10.6. The average Bonchev–Trinajstić information content (AvgIpc) is 2.92. The summed E-state index contributed by atoms with van der Waals surface area (Å²) in [6, 6.07) is 0. The van der Waals surface area contributed by atoms with Crippen LogP contribution in [0.2, 0.25) is 0 Å². The Labute approximate surface area is 105 Å². The van der Waals surface area contributed by atoms with Crippen LogP contribution < -0.4 is 5.32 Å². The van der Waals surface area contributed by atoms with E-state index in [9.17, 15) is 10.1 Å². The Morgan fingerprint density at radius 3 is 3.17 bits per heavy atom. The molecule has 1 saturated heterocycles. The van der Waals surface area contributed by atoms with E-state index in [0.29, 0.717) is 18.3 Å². The third-order valence-corrected chi connectivity index (χ3v) is 3.37. The highest BCUT2D eigenvalue weighted by molar-refractivity contribution is 5.51. The summed E-state index contributed by atoms with van der Waals surface area (Å²) in [5, 5.41) is 13.9. The topological polar surface area (TPSA) is 82.2 Å². The van der Waals surface area contributed by atoms with Crippen molar-refractivity contribution in [2.45, 2.75) is 25.9 Å². The maximum Gasteiger partial charge on any atom is 0.406 e. The number of aryl methyl sites for hydroxylation is 1. The summed E-state index contributed by atoms with van der Waals surface area (Å²) >= 11 is 0. The molecule has 100 valence electrons. The lowest BCUT2D eigenvalue weighted by atomic mass is 10.00. The van der Waals surface area contributed by atoms with E-state index in [1.807, 2.05) is 0 Å². The molecule has 0 aliphatic carbocycles. The number of nitrogens with one attached hydrogen (secondary N) is 1. The Morgan fingerprint density at radius 1 is 1.72 bits per heavy atom. The molecule has 2 unspecified atom stereocenters. The highest BCUT2D eigenvalue weighted by atomic mass is 16.6. The summed E-state index contributed by atoms with van der Waals surface area (Å²) in [5.41, 5.74) is 0. The monoisotopic (exact) mass is 254 g/mol. The fourth-order valence-electron chi connectivity index (χ4n) is 2.36. The van der Waals surface area contributed by atoms with Crippen LogP contribution in [0.25, 0.3) is 0 Å². The van der Waals surface area contributed by atoms with Crippen LogP contribution in [-0.4, -0.2) is 33.7 Å². The fraction of sp³-hybridized carbons (Fsp3) is 0.727. The standard InChI is InChI=1S/C11H18N4O3/c1-3-9-8(4-5-18-9)6-12-10-11(15(16)17)13-7-14(10)2/h7-9,12H,3-6H2,1-2H3. The van der Waals surface area contributed by atoms with Gasteiger partial charge in [-0.25, -0.2) is 0 Å². The van der Waals surface area contributed by atoms with E-state index in [2.05, 4.69) is 17.2 Å². The largest absolute Gasteiger partial charge is 0.406 e. The van der Waals surface area contributed by atoms with Gasteiger partial charge in [0.25, 0.3) is 0 Å². The molecule has 1 fully saturated rings. The number of aromatic nitrogens is 2. The second-order valence-corrected chi connectivity index (χ2v) is 4.53. The molecule has 1 N–H and O–H groups in total. The van der Waals surface area contributed by atoms with Gasteiger partial charge in [0.15, 0.2) is 0 Å². The number of nitrogens with zero attached hydrogens (tertiary/aromatic N) is 3. The van der Waals surface area contributed by atoms with Crippen LogP contribution in [0.3, 0.4) is 0 Å². The van der Waals surface area contributed by atoms with Crippen molar-refractivity contribution < 1.29 is 9.66 Å². The number of nitro groups is 1. The van der Waals surface area contributed by atoms with Gasteiger partial charge in [-0.05, 0) is 22.7 Å². The van der Waals surface area contributed by atoms with Crippen LogP contribution in [-0.2, 0) is 11.8 Å². The number of ether oxygens (including phenoxy) is 1. The second kappa shape index (κ2) is 5.34. The van der Waals surface area contributed by atoms with Crippen LogP contribution in [0, 0.1) is 16.0 Å². The molecular formula is C11H18N4O3.